The molecule has 0 bridgehead atoms. The highest BCUT2D eigenvalue weighted by atomic mass is 35.5. The number of nitrogens with one attached hydrogen (secondary N) is 1. The summed E-state index contributed by atoms with van der Waals surface area (Å²) in [5, 5.41) is 9.76. The monoisotopic (exact) mass is 557 g/mol. The van der Waals surface area contributed by atoms with E-state index < -0.39 is 28.3 Å². The number of piperazine rings is 1. The van der Waals surface area contributed by atoms with E-state index in [0.29, 0.717) is 18.1 Å². The van der Waals surface area contributed by atoms with E-state index in [0.717, 1.165) is 12.1 Å². The number of hydrogen-bond donors (Lipinski definition) is 2. The molecule has 0 saturated carbocycles. The molecule has 0 unspecified atom stereocenters. The molecule has 2 atom stereocenters. The van der Waals surface area contributed by atoms with Crippen molar-refractivity contribution in [2.45, 2.75) is 38.2 Å². The molecule has 2 aromatic carbocycles. The first kappa shape index (κ1) is 28.2. The van der Waals surface area contributed by atoms with Crippen LogP contribution in [0, 0.1) is 0 Å². The number of nitrogens with zero attached hydrogens (tertiary/aromatic N) is 2. The molecule has 0 aliphatic carbocycles. The van der Waals surface area contributed by atoms with Crippen molar-refractivity contribution < 1.29 is 27.9 Å². The number of aliphatic hydroxyl groups is 1. The summed E-state index contributed by atoms with van der Waals surface area (Å²) in [6, 6.07) is 12.2. The number of halogens is 2. The molecule has 1 fully saturated rings. The second-order valence-electron chi connectivity index (χ2n) is 8.78. The van der Waals surface area contributed by atoms with Crippen molar-refractivity contribution in [3.63, 3.8) is 0 Å². The third-order valence-electron chi connectivity index (χ3n) is 5.87. The van der Waals surface area contributed by atoms with Gasteiger partial charge < -0.3 is 14.7 Å². The average Bonchev–Trinajstić information content (AvgIpc) is 2.81. The number of benzene rings is 2. The van der Waals surface area contributed by atoms with E-state index in [4.69, 9.17) is 33.0 Å². The van der Waals surface area contributed by atoms with Crippen LogP contribution < -0.4 is 9.46 Å². The first-order valence-electron chi connectivity index (χ1n) is 11.3. The Balaban J connectivity index is 1.62. The number of sulfonamides is 1. The van der Waals surface area contributed by atoms with Crippen LogP contribution in [-0.2, 0) is 31.9 Å². The molecule has 2 amide bonds. The number of amides is 2. The SMILES string of the molecule is C[C@@H]1CN(Cc2ccc(Cl)cc2)[C@@H](C)CN1C(=O)COc1ccc(Cl)cc1CS(=O)(=O)NC(=O)CO. The summed E-state index contributed by atoms with van der Waals surface area (Å²) >= 11 is 12.0. The molecule has 1 saturated heterocycles. The second kappa shape index (κ2) is 12.2. The average molecular weight is 558 g/mol. The molecule has 0 radical (unpaired) electrons. The molecule has 2 aromatic rings. The van der Waals surface area contributed by atoms with Crippen LogP contribution in [0.1, 0.15) is 25.0 Å². The third kappa shape index (κ3) is 7.81. The van der Waals surface area contributed by atoms with E-state index in [-0.39, 0.29) is 40.9 Å². The quantitative estimate of drug-likeness (QED) is 0.486. The van der Waals surface area contributed by atoms with Gasteiger partial charge in [0.25, 0.3) is 11.8 Å². The van der Waals surface area contributed by atoms with Crippen LogP contribution in [0.3, 0.4) is 0 Å². The van der Waals surface area contributed by atoms with Crippen molar-refractivity contribution >= 4 is 45.0 Å². The van der Waals surface area contributed by atoms with Gasteiger partial charge in [0.05, 0.1) is 5.75 Å². The van der Waals surface area contributed by atoms with Gasteiger partial charge in [-0.05, 0) is 49.7 Å². The number of rotatable bonds is 9. The fourth-order valence-corrected chi connectivity index (χ4v) is 5.50. The van der Waals surface area contributed by atoms with Gasteiger partial charge in [0.1, 0.15) is 12.4 Å². The Bertz CT molecular complexity index is 1190. The lowest BCUT2D eigenvalue weighted by Gasteiger charge is -2.44. The van der Waals surface area contributed by atoms with Crippen molar-refractivity contribution in [1.82, 2.24) is 14.5 Å². The fraction of sp³-hybridized carbons (Fsp3) is 0.417. The fourth-order valence-electron chi connectivity index (χ4n) is 4.06. The second-order valence-corrected chi connectivity index (χ2v) is 11.4. The zero-order chi connectivity index (χ0) is 26.5. The Morgan fingerprint density at radius 1 is 1.06 bits per heavy atom. The van der Waals surface area contributed by atoms with Gasteiger partial charge in [0.2, 0.25) is 10.0 Å². The Morgan fingerprint density at radius 3 is 2.39 bits per heavy atom. The van der Waals surface area contributed by atoms with Crippen molar-refractivity contribution in [2.24, 2.45) is 0 Å². The number of carbonyl (C=O) groups excluding carboxylic acids is 2. The molecule has 0 aromatic heterocycles. The lowest BCUT2D eigenvalue weighted by Crippen LogP contribution is -2.58. The molecule has 1 aliphatic rings. The van der Waals surface area contributed by atoms with E-state index in [2.05, 4.69) is 11.8 Å². The summed E-state index contributed by atoms with van der Waals surface area (Å²) in [5.41, 5.74) is 1.32. The van der Waals surface area contributed by atoms with Gasteiger partial charge in [-0.1, -0.05) is 35.3 Å². The highest BCUT2D eigenvalue weighted by Gasteiger charge is 2.32. The molecular weight excluding hydrogens is 529 g/mol. The van der Waals surface area contributed by atoms with E-state index in [1.54, 1.807) is 9.62 Å². The lowest BCUT2D eigenvalue weighted by molar-refractivity contribution is -0.139. The minimum absolute atomic E-state index is 0.0524. The normalized spacial score (nSPS) is 18.6. The van der Waals surface area contributed by atoms with Crippen LogP contribution in [0.2, 0.25) is 10.0 Å². The summed E-state index contributed by atoms with van der Waals surface area (Å²) in [6.45, 7) is 4.74. The lowest BCUT2D eigenvalue weighted by atomic mass is 10.1. The Hall–Kier alpha value is -2.37. The summed E-state index contributed by atoms with van der Waals surface area (Å²) in [6.07, 6.45) is 0. The van der Waals surface area contributed by atoms with Crippen molar-refractivity contribution in [1.29, 1.82) is 0 Å². The number of ether oxygens (including phenoxy) is 1. The number of carbonyl (C=O) groups is 2. The van der Waals surface area contributed by atoms with Crippen LogP contribution >= 0.6 is 23.2 Å². The number of hydrogen-bond acceptors (Lipinski definition) is 7. The maximum atomic E-state index is 13.0. The molecule has 3 rings (SSSR count). The van der Waals surface area contributed by atoms with Crippen LogP contribution in [0.25, 0.3) is 0 Å². The summed E-state index contributed by atoms with van der Waals surface area (Å²) in [7, 11) is -4.10. The third-order valence-corrected chi connectivity index (χ3v) is 7.58. The van der Waals surface area contributed by atoms with Crippen LogP contribution in [0.15, 0.2) is 42.5 Å². The zero-order valence-electron chi connectivity index (χ0n) is 20.0. The Kier molecular flexibility index (Phi) is 9.59. The molecule has 1 aliphatic heterocycles. The van der Waals surface area contributed by atoms with Crippen molar-refractivity contribution in [3.8, 4) is 5.75 Å². The van der Waals surface area contributed by atoms with Gasteiger partial charge in [0.15, 0.2) is 6.61 Å². The summed E-state index contributed by atoms with van der Waals surface area (Å²) in [5.74, 6) is -1.72. The molecule has 2 N–H and O–H groups in total. The maximum absolute atomic E-state index is 13.0. The molecule has 9 nitrogen and oxygen atoms in total. The molecular formula is C24H29Cl2N3O6S. The van der Waals surface area contributed by atoms with E-state index >= 15 is 0 Å². The van der Waals surface area contributed by atoms with E-state index in [9.17, 15) is 18.0 Å². The van der Waals surface area contributed by atoms with Gasteiger partial charge in [-0.3, -0.25) is 19.2 Å². The van der Waals surface area contributed by atoms with Crippen molar-refractivity contribution in [2.75, 3.05) is 26.3 Å². The maximum Gasteiger partial charge on any atom is 0.260 e. The Labute approximate surface area is 221 Å². The van der Waals surface area contributed by atoms with Gasteiger partial charge in [-0.2, -0.15) is 0 Å². The van der Waals surface area contributed by atoms with Crippen LogP contribution in [0.5, 0.6) is 5.75 Å². The summed E-state index contributed by atoms with van der Waals surface area (Å²) in [4.78, 5) is 28.4. The van der Waals surface area contributed by atoms with Crippen molar-refractivity contribution in [3.05, 3.63) is 63.6 Å². The molecule has 36 heavy (non-hydrogen) atoms. The largest absolute Gasteiger partial charge is 0.483 e. The minimum atomic E-state index is -4.10. The van der Waals surface area contributed by atoms with Crippen LogP contribution in [0.4, 0.5) is 0 Å². The molecule has 12 heteroatoms. The predicted molar refractivity (Wildman–Crippen MR) is 137 cm³/mol. The smallest absolute Gasteiger partial charge is 0.260 e. The van der Waals surface area contributed by atoms with Gasteiger partial charge in [-0.25, -0.2) is 8.42 Å². The predicted octanol–water partition coefficient (Wildman–Crippen LogP) is 2.43. The minimum Gasteiger partial charge on any atom is -0.483 e. The number of aliphatic hydroxyl groups excluding tert-OH is 1. The van der Waals surface area contributed by atoms with E-state index in [1.165, 1.54) is 18.2 Å². The first-order chi connectivity index (χ1) is 17.0. The van der Waals surface area contributed by atoms with E-state index in [1.807, 2.05) is 31.2 Å². The van der Waals surface area contributed by atoms with Gasteiger partial charge >= 0.3 is 0 Å². The highest BCUT2D eigenvalue weighted by Crippen LogP contribution is 2.25. The van der Waals surface area contributed by atoms with Gasteiger partial charge in [-0.15, -0.1) is 0 Å². The highest BCUT2D eigenvalue weighted by molar-refractivity contribution is 7.89. The zero-order valence-corrected chi connectivity index (χ0v) is 22.3. The molecule has 0 spiro atoms. The Morgan fingerprint density at radius 2 is 1.72 bits per heavy atom. The van der Waals surface area contributed by atoms with Gasteiger partial charge in [0, 0.05) is 47.3 Å². The molecule has 1 heterocycles. The topological polar surface area (TPSA) is 116 Å². The standard InChI is InChI=1S/C24H29Cl2N3O6S/c1-16-11-29(17(2)10-28(16)12-18-3-5-20(25)6-4-18)24(32)14-35-22-8-7-21(26)9-19(22)15-36(33,34)27-23(31)13-30/h3-9,16-17,30H,10-15H2,1-2H3,(H,27,31)/t16-,17+/m0/s1. The first-order valence-corrected chi connectivity index (χ1v) is 13.7. The van der Waals surface area contributed by atoms with Crippen LogP contribution in [-0.4, -0.2) is 73.5 Å². The summed E-state index contributed by atoms with van der Waals surface area (Å²) < 4.78 is 31.9. The molecule has 196 valence electrons.